The van der Waals surface area contributed by atoms with E-state index in [2.05, 4.69) is 10.3 Å². The SMILES string of the molecule is CN(C(=O)CN[C@@H]1CC(=O)N(C2CC2)[C@H]1c1cccnc1)C1CC1. The van der Waals surface area contributed by atoms with Crippen LogP contribution in [-0.4, -0.2) is 58.3 Å². The van der Waals surface area contributed by atoms with Crippen LogP contribution in [0.1, 0.15) is 43.7 Å². The lowest BCUT2D eigenvalue weighted by Gasteiger charge is -2.29. The van der Waals surface area contributed by atoms with E-state index in [1.54, 1.807) is 6.20 Å². The first-order valence-electron chi connectivity index (χ1n) is 8.85. The third kappa shape index (κ3) is 3.02. The van der Waals surface area contributed by atoms with Gasteiger partial charge in [-0.15, -0.1) is 0 Å². The molecule has 2 amide bonds. The number of carbonyl (C=O) groups excluding carboxylic acids is 2. The number of carbonyl (C=O) groups is 2. The van der Waals surface area contributed by atoms with Crippen molar-refractivity contribution in [3.8, 4) is 0 Å². The van der Waals surface area contributed by atoms with E-state index in [0.29, 0.717) is 25.0 Å². The molecule has 6 heteroatoms. The fourth-order valence-corrected chi connectivity index (χ4v) is 3.67. The second-order valence-corrected chi connectivity index (χ2v) is 7.19. The maximum atomic E-state index is 12.5. The fourth-order valence-electron chi connectivity index (χ4n) is 3.67. The van der Waals surface area contributed by atoms with Crippen molar-refractivity contribution in [3.63, 3.8) is 0 Å². The summed E-state index contributed by atoms with van der Waals surface area (Å²) in [5, 5.41) is 3.36. The van der Waals surface area contributed by atoms with Gasteiger partial charge < -0.3 is 15.1 Å². The van der Waals surface area contributed by atoms with Crippen LogP contribution in [0.4, 0.5) is 0 Å². The second kappa shape index (κ2) is 6.16. The van der Waals surface area contributed by atoms with Crippen molar-refractivity contribution in [2.75, 3.05) is 13.6 Å². The zero-order chi connectivity index (χ0) is 16.7. The first kappa shape index (κ1) is 15.6. The molecule has 0 radical (unpaired) electrons. The number of likely N-dealkylation sites (N-methyl/N-ethyl adjacent to an activating group) is 1. The number of hydrogen-bond donors (Lipinski definition) is 1. The molecule has 2 aliphatic carbocycles. The Hall–Kier alpha value is -1.95. The van der Waals surface area contributed by atoms with Crippen LogP contribution < -0.4 is 5.32 Å². The average molecular weight is 328 g/mol. The zero-order valence-electron chi connectivity index (χ0n) is 14.0. The highest BCUT2D eigenvalue weighted by Crippen LogP contribution is 2.41. The summed E-state index contributed by atoms with van der Waals surface area (Å²) in [7, 11) is 1.87. The summed E-state index contributed by atoms with van der Waals surface area (Å²) in [5.41, 5.74) is 1.05. The van der Waals surface area contributed by atoms with Crippen molar-refractivity contribution in [3.05, 3.63) is 30.1 Å². The van der Waals surface area contributed by atoms with E-state index in [4.69, 9.17) is 0 Å². The minimum atomic E-state index is -0.0288. The van der Waals surface area contributed by atoms with E-state index in [9.17, 15) is 9.59 Å². The number of amides is 2. The van der Waals surface area contributed by atoms with Gasteiger partial charge in [0.05, 0.1) is 12.6 Å². The van der Waals surface area contributed by atoms with Crippen molar-refractivity contribution in [2.24, 2.45) is 0 Å². The molecule has 1 N–H and O–H groups in total. The van der Waals surface area contributed by atoms with E-state index >= 15 is 0 Å². The zero-order valence-corrected chi connectivity index (χ0v) is 14.0. The molecule has 1 aromatic heterocycles. The number of hydrogen-bond acceptors (Lipinski definition) is 4. The summed E-state index contributed by atoms with van der Waals surface area (Å²) in [6.07, 6.45) is 8.42. The summed E-state index contributed by atoms with van der Waals surface area (Å²) in [6.45, 7) is 0.292. The van der Waals surface area contributed by atoms with E-state index in [0.717, 1.165) is 31.2 Å². The van der Waals surface area contributed by atoms with Gasteiger partial charge in [0.1, 0.15) is 0 Å². The van der Waals surface area contributed by atoms with Gasteiger partial charge in [-0.1, -0.05) is 6.07 Å². The van der Waals surface area contributed by atoms with Crippen molar-refractivity contribution >= 4 is 11.8 Å². The van der Waals surface area contributed by atoms with Crippen molar-refractivity contribution < 1.29 is 9.59 Å². The Balaban J connectivity index is 1.48. The molecule has 0 bridgehead atoms. The maximum Gasteiger partial charge on any atom is 0.236 e. The van der Waals surface area contributed by atoms with Crippen molar-refractivity contribution in [1.29, 1.82) is 0 Å². The Morgan fingerprint density at radius 3 is 2.79 bits per heavy atom. The first-order chi connectivity index (χ1) is 11.6. The number of likely N-dealkylation sites (tertiary alicyclic amines) is 1. The van der Waals surface area contributed by atoms with E-state index in [-0.39, 0.29) is 23.9 Å². The van der Waals surface area contributed by atoms with Crippen LogP contribution in [0.5, 0.6) is 0 Å². The molecule has 0 spiro atoms. The van der Waals surface area contributed by atoms with E-state index in [1.807, 2.05) is 35.2 Å². The van der Waals surface area contributed by atoms with E-state index < -0.39 is 0 Å². The molecule has 2 saturated carbocycles. The van der Waals surface area contributed by atoms with Crippen molar-refractivity contribution in [1.82, 2.24) is 20.1 Å². The molecule has 6 nitrogen and oxygen atoms in total. The smallest absolute Gasteiger partial charge is 0.236 e. The molecule has 2 heterocycles. The van der Waals surface area contributed by atoms with Gasteiger partial charge in [0.2, 0.25) is 11.8 Å². The second-order valence-electron chi connectivity index (χ2n) is 7.19. The lowest BCUT2D eigenvalue weighted by Crippen LogP contribution is -2.43. The van der Waals surface area contributed by atoms with Gasteiger partial charge in [-0.2, -0.15) is 0 Å². The predicted molar refractivity (Wildman–Crippen MR) is 89.0 cm³/mol. The molecule has 3 fully saturated rings. The topological polar surface area (TPSA) is 65.5 Å². The third-order valence-electron chi connectivity index (χ3n) is 5.33. The highest BCUT2D eigenvalue weighted by atomic mass is 16.2. The molecule has 0 unspecified atom stereocenters. The van der Waals surface area contributed by atoms with Crippen LogP contribution >= 0.6 is 0 Å². The minimum absolute atomic E-state index is 0.0160. The molecular weight excluding hydrogens is 304 g/mol. The molecule has 4 rings (SSSR count). The third-order valence-corrected chi connectivity index (χ3v) is 5.33. The van der Waals surface area contributed by atoms with Gasteiger partial charge in [-0.05, 0) is 37.3 Å². The van der Waals surface area contributed by atoms with Gasteiger partial charge in [-0.25, -0.2) is 0 Å². The average Bonchev–Trinajstić information content (AvgIpc) is 3.50. The normalized spacial score (nSPS) is 26.7. The Kier molecular flexibility index (Phi) is 4.00. The summed E-state index contributed by atoms with van der Waals surface area (Å²) >= 11 is 0. The molecule has 1 aromatic rings. The molecule has 2 atom stereocenters. The standard InChI is InChI=1S/C18H24N4O2/c1-21(13-4-5-13)17(24)11-20-15-9-16(23)22(14-6-7-14)18(15)12-3-2-8-19-10-12/h2-3,8,10,13-15,18,20H,4-7,9,11H2,1H3/t15-,18+/m1/s1. The van der Waals surface area contributed by atoms with Gasteiger partial charge >= 0.3 is 0 Å². The van der Waals surface area contributed by atoms with Crippen molar-refractivity contribution in [2.45, 2.75) is 56.3 Å². The van der Waals surface area contributed by atoms with E-state index in [1.165, 1.54) is 0 Å². The van der Waals surface area contributed by atoms with Crippen LogP contribution in [-0.2, 0) is 9.59 Å². The Morgan fingerprint density at radius 1 is 1.38 bits per heavy atom. The number of pyridine rings is 1. The Bertz CT molecular complexity index is 627. The predicted octanol–water partition coefficient (Wildman–Crippen LogP) is 1.10. The Labute approximate surface area is 142 Å². The largest absolute Gasteiger partial charge is 0.342 e. The lowest BCUT2D eigenvalue weighted by molar-refractivity contribution is -0.130. The van der Waals surface area contributed by atoms with Gasteiger partial charge in [0.15, 0.2) is 0 Å². The summed E-state index contributed by atoms with van der Waals surface area (Å²) in [6, 6.07) is 4.67. The monoisotopic (exact) mass is 328 g/mol. The Morgan fingerprint density at radius 2 is 2.17 bits per heavy atom. The highest BCUT2D eigenvalue weighted by molar-refractivity contribution is 5.82. The van der Waals surface area contributed by atoms with Crippen LogP contribution in [0.3, 0.4) is 0 Å². The highest BCUT2D eigenvalue weighted by Gasteiger charge is 2.47. The number of nitrogens with one attached hydrogen (secondary N) is 1. The van der Waals surface area contributed by atoms with Crippen LogP contribution in [0.25, 0.3) is 0 Å². The van der Waals surface area contributed by atoms with Crippen LogP contribution in [0.15, 0.2) is 24.5 Å². The molecule has 3 aliphatic rings. The van der Waals surface area contributed by atoms with Gasteiger partial charge in [0.25, 0.3) is 0 Å². The van der Waals surface area contributed by atoms with Gasteiger partial charge in [0, 0.05) is 44.0 Å². The summed E-state index contributed by atoms with van der Waals surface area (Å²) < 4.78 is 0. The molecule has 128 valence electrons. The van der Waals surface area contributed by atoms with Crippen LogP contribution in [0.2, 0.25) is 0 Å². The number of rotatable bonds is 6. The minimum Gasteiger partial charge on any atom is -0.342 e. The number of aromatic nitrogens is 1. The van der Waals surface area contributed by atoms with Gasteiger partial charge in [-0.3, -0.25) is 14.6 Å². The maximum absolute atomic E-state index is 12.5. The van der Waals surface area contributed by atoms with Crippen LogP contribution in [0, 0.1) is 0 Å². The lowest BCUT2D eigenvalue weighted by atomic mass is 10.0. The number of nitrogens with zero attached hydrogens (tertiary/aromatic N) is 3. The summed E-state index contributed by atoms with van der Waals surface area (Å²) in [4.78, 5) is 32.9. The molecular formula is C18H24N4O2. The fraction of sp³-hybridized carbons (Fsp3) is 0.611. The first-order valence-corrected chi connectivity index (χ1v) is 8.85. The molecule has 1 saturated heterocycles. The molecule has 1 aliphatic heterocycles. The summed E-state index contributed by atoms with van der Waals surface area (Å²) in [5.74, 6) is 0.298. The molecule has 0 aromatic carbocycles. The quantitative estimate of drug-likeness (QED) is 0.849. The molecule has 24 heavy (non-hydrogen) atoms.